The maximum Gasteiger partial charge on any atom is 0.306 e. The molecule has 0 amide bonds. The lowest BCUT2D eigenvalue weighted by Gasteiger charge is -2.04. The zero-order valence-corrected chi connectivity index (χ0v) is 9.14. The highest BCUT2D eigenvalue weighted by molar-refractivity contribution is 9.09. The van der Waals surface area contributed by atoms with Gasteiger partial charge >= 0.3 is 5.97 Å². The Morgan fingerprint density at radius 1 is 1.33 bits per heavy atom. The predicted molar refractivity (Wildman–Crippen MR) is 53.7 cm³/mol. The molecule has 0 heterocycles. The molecule has 0 unspecified atom stereocenters. The third-order valence-corrected chi connectivity index (χ3v) is 2.50. The van der Waals surface area contributed by atoms with E-state index in [-0.39, 0.29) is 5.92 Å². The van der Waals surface area contributed by atoms with Gasteiger partial charge in [0.15, 0.2) is 0 Å². The van der Waals surface area contributed by atoms with Crippen molar-refractivity contribution in [1.29, 1.82) is 0 Å². The first-order valence-corrected chi connectivity index (χ1v) is 5.59. The summed E-state index contributed by atoms with van der Waals surface area (Å²) in [6.07, 6.45) is 5.42. The van der Waals surface area contributed by atoms with Gasteiger partial charge in [0.1, 0.15) is 0 Å². The zero-order valence-electron chi connectivity index (χ0n) is 7.55. The van der Waals surface area contributed by atoms with Crippen LogP contribution in [0.2, 0.25) is 0 Å². The van der Waals surface area contributed by atoms with Crippen LogP contribution in [0.15, 0.2) is 0 Å². The Bertz CT molecular complexity index is 126. The number of hydrogen-bond acceptors (Lipinski definition) is 1. The lowest BCUT2D eigenvalue weighted by atomic mass is 10.0. The fraction of sp³-hybridized carbons (Fsp3) is 0.889. The van der Waals surface area contributed by atoms with Gasteiger partial charge in [0.05, 0.1) is 5.92 Å². The van der Waals surface area contributed by atoms with Crippen LogP contribution in [0.1, 0.15) is 39.0 Å². The van der Waals surface area contributed by atoms with Gasteiger partial charge in [-0.2, -0.15) is 0 Å². The molecule has 0 aliphatic heterocycles. The van der Waals surface area contributed by atoms with E-state index in [1.165, 1.54) is 12.8 Å². The molecule has 0 rings (SSSR count). The van der Waals surface area contributed by atoms with Crippen molar-refractivity contribution < 1.29 is 9.90 Å². The molecule has 0 aromatic rings. The fourth-order valence-electron chi connectivity index (χ4n) is 1.02. The van der Waals surface area contributed by atoms with E-state index in [2.05, 4.69) is 15.9 Å². The molecule has 0 bridgehead atoms. The standard InChI is InChI=1S/C9H17BrO2/c1-8(9(11)12)6-4-2-3-5-7-10/h8H,2-7H2,1H3,(H,11,12)/t8-/m0/s1. The van der Waals surface area contributed by atoms with Crippen molar-refractivity contribution >= 4 is 21.9 Å². The Morgan fingerprint density at radius 3 is 2.42 bits per heavy atom. The summed E-state index contributed by atoms with van der Waals surface area (Å²) in [6.45, 7) is 1.77. The molecule has 0 aliphatic rings. The number of unbranched alkanes of at least 4 members (excludes halogenated alkanes) is 3. The maximum atomic E-state index is 10.4. The molecule has 72 valence electrons. The third-order valence-electron chi connectivity index (χ3n) is 1.94. The Kier molecular flexibility index (Phi) is 7.56. The van der Waals surface area contributed by atoms with Gasteiger partial charge in [0, 0.05) is 5.33 Å². The highest BCUT2D eigenvalue weighted by atomic mass is 79.9. The third kappa shape index (κ3) is 6.65. The number of carboxylic acids is 1. The van der Waals surface area contributed by atoms with Gasteiger partial charge in [-0.3, -0.25) is 4.79 Å². The average molecular weight is 237 g/mol. The van der Waals surface area contributed by atoms with Crippen molar-refractivity contribution in [2.24, 2.45) is 5.92 Å². The van der Waals surface area contributed by atoms with Gasteiger partial charge in [-0.25, -0.2) is 0 Å². The van der Waals surface area contributed by atoms with Gasteiger partial charge in [-0.15, -0.1) is 0 Å². The molecule has 0 fully saturated rings. The van der Waals surface area contributed by atoms with E-state index in [9.17, 15) is 4.79 Å². The van der Waals surface area contributed by atoms with Crippen molar-refractivity contribution in [3.63, 3.8) is 0 Å². The first-order valence-electron chi connectivity index (χ1n) is 4.47. The number of hydrogen-bond donors (Lipinski definition) is 1. The second-order valence-corrected chi connectivity index (χ2v) is 3.92. The quantitative estimate of drug-likeness (QED) is 0.545. The summed E-state index contributed by atoms with van der Waals surface area (Å²) in [5.41, 5.74) is 0. The molecule has 0 radical (unpaired) electrons. The van der Waals surface area contributed by atoms with Crippen molar-refractivity contribution in [1.82, 2.24) is 0 Å². The van der Waals surface area contributed by atoms with Crippen molar-refractivity contribution in [2.45, 2.75) is 39.0 Å². The molecule has 0 spiro atoms. The number of carboxylic acid groups (broad SMARTS) is 1. The minimum Gasteiger partial charge on any atom is -0.481 e. The number of halogens is 1. The van der Waals surface area contributed by atoms with E-state index in [1.54, 1.807) is 6.92 Å². The van der Waals surface area contributed by atoms with Crippen LogP contribution in [-0.4, -0.2) is 16.4 Å². The highest BCUT2D eigenvalue weighted by Crippen LogP contribution is 2.10. The summed E-state index contributed by atoms with van der Waals surface area (Å²) in [5.74, 6) is -0.843. The lowest BCUT2D eigenvalue weighted by molar-refractivity contribution is -0.141. The molecule has 3 heteroatoms. The Morgan fingerprint density at radius 2 is 1.92 bits per heavy atom. The first kappa shape index (κ1) is 11.9. The van der Waals surface area contributed by atoms with E-state index in [0.717, 1.165) is 24.6 Å². The average Bonchev–Trinajstić information content (AvgIpc) is 2.03. The van der Waals surface area contributed by atoms with Gasteiger partial charge in [0.25, 0.3) is 0 Å². The van der Waals surface area contributed by atoms with Crippen LogP contribution in [0.4, 0.5) is 0 Å². The Balaban J connectivity index is 3.14. The molecular formula is C9H17BrO2. The van der Waals surface area contributed by atoms with E-state index in [1.807, 2.05) is 0 Å². The molecule has 0 aromatic carbocycles. The van der Waals surface area contributed by atoms with E-state index < -0.39 is 5.97 Å². The van der Waals surface area contributed by atoms with E-state index in [4.69, 9.17) is 5.11 Å². The highest BCUT2D eigenvalue weighted by Gasteiger charge is 2.08. The summed E-state index contributed by atoms with van der Waals surface area (Å²) in [4.78, 5) is 10.4. The van der Waals surface area contributed by atoms with Crippen molar-refractivity contribution in [2.75, 3.05) is 5.33 Å². The van der Waals surface area contributed by atoms with Gasteiger partial charge in [-0.05, 0) is 12.8 Å². The van der Waals surface area contributed by atoms with Crippen LogP contribution >= 0.6 is 15.9 Å². The molecule has 0 saturated carbocycles. The number of alkyl halides is 1. The molecule has 0 aliphatic carbocycles. The summed E-state index contributed by atoms with van der Waals surface area (Å²) >= 11 is 3.36. The number of aliphatic carboxylic acids is 1. The molecule has 12 heavy (non-hydrogen) atoms. The van der Waals surface area contributed by atoms with Crippen molar-refractivity contribution in [3.05, 3.63) is 0 Å². The number of rotatable bonds is 7. The van der Waals surface area contributed by atoms with Crippen molar-refractivity contribution in [3.8, 4) is 0 Å². The van der Waals surface area contributed by atoms with Gasteiger partial charge in [-0.1, -0.05) is 42.1 Å². The Hall–Kier alpha value is -0.0500. The normalized spacial score (nSPS) is 12.8. The van der Waals surface area contributed by atoms with Crippen LogP contribution in [0.25, 0.3) is 0 Å². The second kappa shape index (κ2) is 7.59. The molecule has 2 nitrogen and oxygen atoms in total. The monoisotopic (exact) mass is 236 g/mol. The molecular weight excluding hydrogens is 220 g/mol. The van der Waals surface area contributed by atoms with Crippen LogP contribution in [0.5, 0.6) is 0 Å². The predicted octanol–water partition coefficient (Wildman–Crippen LogP) is 3.05. The van der Waals surface area contributed by atoms with Gasteiger partial charge in [0.2, 0.25) is 0 Å². The van der Waals surface area contributed by atoms with Crippen LogP contribution in [0, 0.1) is 5.92 Å². The summed E-state index contributed by atoms with van der Waals surface area (Å²) in [7, 11) is 0. The number of carbonyl (C=O) groups is 1. The maximum absolute atomic E-state index is 10.4. The summed E-state index contributed by atoms with van der Waals surface area (Å²) in [5, 5.41) is 9.63. The summed E-state index contributed by atoms with van der Waals surface area (Å²) in [6, 6.07) is 0. The topological polar surface area (TPSA) is 37.3 Å². The SMILES string of the molecule is C[C@@H](CCCCCCBr)C(=O)O. The van der Waals surface area contributed by atoms with Crippen LogP contribution in [0.3, 0.4) is 0 Å². The second-order valence-electron chi connectivity index (χ2n) is 3.13. The molecule has 0 saturated heterocycles. The molecule has 1 N–H and O–H groups in total. The van der Waals surface area contributed by atoms with Crippen LogP contribution < -0.4 is 0 Å². The summed E-state index contributed by atoms with van der Waals surface area (Å²) < 4.78 is 0. The molecule has 0 aromatic heterocycles. The minimum atomic E-state index is -0.671. The minimum absolute atomic E-state index is 0.172. The largest absolute Gasteiger partial charge is 0.481 e. The fourth-order valence-corrected chi connectivity index (χ4v) is 1.42. The smallest absolute Gasteiger partial charge is 0.306 e. The van der Waals surface area contributed by atoms with Crippen LogP contribution in [-0.2, 0) is 4.79 Å². The van der Waals surface area contributed by atoms with E-state index in [0.29, 0.717) is 0 Å². The molecule has 1 atom stereocenters. The lowest BCUT2D eigenvalue weighted by Crippen LogP contribution is -2.08. The first-order chi connectivity index (χ1) is 5.68. The van der Waals surface area contributed by atoms with E-state index >= 15 is 0 Å². The van der Waals surface area contributed by atoms with Gasteiger partial charge < -0.3 is 5.11 Å². The Labute approximate surface area is 82.5 Å². The zero-order chi connectivity index (χ0) is 9.40.